The van der Waals surface area contributed by atoms with E-state index in [2.05, 4.69) is 12.2 Å². The van der Waals surface area contributed by atoms with E-state index >= 15 is 0 Å². The van der Waals surface area contributed by atoms with Gasteiger partial charge in [0.2, 0.25) is 0 Å². The van der Waals surface area contributed by atoms with Crippen molar-refractivity contribution in [1.29, 1.82) is 0 Å². The van der Waals surface area contributed by atoms with Crippen molar-refractivity contribution in [3.8, 4) is 5.75 Å². The molecule has 1 aliphatic rings. The summed E-state index contributed by atoms with van der Waals surface area (Å²) < 4.78 is 5.73. The zero-order chi connectivity index (χ0) is 21.2. The van der Waals surface area contributed by atoms with Crippen molar-refractivity contribution in [2.45, 2.75) is 51.9 Å². The number of benzene rings is 2. The van der Waals surface area contributed by atoms with Crippen molar-refractivity contribution in [3.63, 3.8) is 0 Å². The molecule has 2 aromatic rings. The molecule has 5 nitrogen and oxygen atoms in total. The summed E-state index contributed by atoms with van der Waals surface area (Å²) in [6.45, 7) is 4.50. The summed E-state index contributed by atoms with van der Waals surface area (Å²) in [7, 11) is 0. The first-order valence-corrected chi connectivity index (χ1v) is 11.1. The van der Waals surface area contributed by atoms with E-state index in [1.54, 1.807) is 30.3 Å². The van der Waals surface area contributed by atoms with Gasteiger partial charge < -0.3 is 15.0 Å². The molecule has 0 radical (unpaired) electrons. The SMILES string of the molecule is CCCCCCOc1ccc(C(=O)Nc2cccc(C(=O)N3CCCCC3)c2)cc1. The number of carbonyl (C=O) groups excluding carboxylic acids is 2. The van der Waals surface area contributed by atoms with Crippen LogP contribution in [0.4, 0.5) is 5.69 Å². The van der Waals surface area contributed by atoms with E-state index in [9.17, 15) is 9.59 Å². The van der Waals surface area contributed by atoms with Crippen molar-refractivity contribution in [2.75, 3.05) is 25.0 Å². The van der Waals surface area contributed by atoms with Crippen LogP contribution in [-0.2, 0) is 0 Å². The van der Waals surface area contributed by atoms with Crippen LogP contribution in [0.15, 0.2) is 48.5 Å². The molecule has 0 atom stereocenters. The lowest BCUT2D eigenvalue weighted by molar-refractivity contribution is 0.0724. The van der Waals surface area contributed by atoms with E-state index in [-0.39, 0.29) is 11.8 Å². The lowest BCUT2D eigenvalue weighted by atomic mass is 10.1. The summed E-state index contributed by atoms with van der Waals surface area (Å²) in [6, 6.07) is 14.3. The molecule has 160 valence electrons. The van der Waals surface area contributed by atoms with Crippen LogP contribution in [0.25, 0.3) is 0 Å². The van der Waals surface area contributed by atoms with Crippen LogP contribution in [0.3, 0.4) is 0 Å². The highest BCUT2D eigenvalue weighted by molar-refractivity contribution is 6.05. The number of hydrogen-bond acceptors (Lipinski definition) is 3. The largest absolute Gasteiger partial charge is 0.494 e. The third-order valence-electron chi connectivity index (χ3n) is 5.39. The van der Waals surface area contributed by atoms with Crippen molar-refractivity contribution < 1.29 is 14.3 Å². The van der Waals surface area contributed by atoms with Gasteiger partial charge in [-0.05, 0) is 68.1 Å². The third-order valence-corrected chi connectivity index (χ3v) is 5.39. The van der Waals surface area contributed by atoms with Gasteiger partial charge in [-0.15, -0.1) is 0 Å². The summed E-state index contributed by atoms with van der Waals surface area (Å²) in [6.07, 6.45) is 7.95. The molecule has 0 unspecified atom stereocenters. The Balaban J connectivity index is 1.54. The Morgan fingerprint density at radius 2 is 1.70 bits per heavy atom. The Kier molecular flexibility index (Phi) is 8.30. The molecule has 1 saturated heterocycles. The zero-order valence-electron chi connectivity index (χ0n) is 17.9. The molecule has 30 heavy (non-hydrogen) atoms. The summed E-state index contributed by atoms with van der Waals surface area (Å²) in [5, 5.41) is 2.89. The van der Waals surface area contributed by atoms with Crippen molar-refractivity contribution in [1.82, 2.24) is 4.90 Å². The molecule has 2 amide bonds. The first-order valence-electron chi connectivity index (χ1n) is 11.1. The number of likely N-dealkylation sites (tertiary alicyclic amines) is 1. The molecule has 5 heteroatoms. The number of nitrogens with zero attached hydrogens (tertiary/aromatic N) is 1. The zero-order valence-corrected chi connectivity index (χ0v) is 17.9. The lowest BCUT2D eigenvalue weighted by Crippen LogP contribution is -2.35. The molecule has 0 bridgehead atoms. The number of anilines is 1. The highest BCUT2D eigenvalue weighted by Gasteiger charge is 2.18. The van der Waals surface area contributed by atoms with Gasteiger partial charge in [0.05, 0.1) is 6.61 Å². The Morgan fingerprint density at radius 1 is 0.933 bits per heavy atom. The minimum atomic E-state index is -0.202. The van der Waals surface area contributed by atoms with Crippen molar-refractivity contribution in [3.05, 3.63) is 59.7 Å². The van der Waals surface area contributed by atoms with Gasteiger partial charge >= 0.3 is 0 Å². The van der Waals surface area contributed by atoms with Crippen LogP contribution in [0.5, 0.6) is 5.75 Å². The van der Waals surface area contributed by atoms with Gasteiger partial charge in [-0.3, -0.25) is 9.59 Å². The number of nitrogens with one attached hydrogen (secondary N) is 1. The molecule has 0 aliphatic carbocycles. The fraction of sp³-hybridized carbons (Fsp3) is 0.440. The Hall–Kier alpha value is -2.82. The van der Waals surface area contributed by atoms with Crippen LogP contribution in [0, 0.1) is 0 Å². The maximum absolute atomic E-state index is 12.7. The van der Waals surface area contributed by atoms with Gasteiger partial charge in [0.25, 0.3) is 11.8 Å². The van der Waals surface area contributed by atoms with E-state index in [0.29, 0.717) is 23.4 Å². The van der Waals surface area contributed by atoms with Crippen LogP contribution in [-0.4, -0.2) is 36.4 Å². The predicted molar refractivity (Wildman–Crippen MR) is 120 cm³/mol. The molecular weight excluding hydrogens is 376 g/mol. The Labute approximate surface area is 179 Å². The van der Waals surface area contributed by atoms with Crippen molar-refractivity contribution >= 4 is 17.5 Å². The van der Waals surface area contributed by atoms with Gasteiger partial charge in [-0.1, -0.05) is 32.3 Å². The first-order chi connectivity index (χ1) is 14.7. The van der Waals surface area contributed by atoms with Gasteiger partial charge in [0.1, 0.15) is 5.75 Å². The second-order valence-corrected chi connectivity index (χ2v) is 7.82. The maximum atomic E-state index is 12.7. The fourth-order valence-corrected chi connectivity index (χ4v) is 3.63. The normalized spacial score (nSPS) is 13.7. The number of rotatable bonds is 9. The number of unbranched alkanes of at least 4 members (excludes halogenated alkanes) is 3. The predicted octanol–water partition coefficient (Wildman–Crippen LogP) is 5.52. The number of piperidine rings is 1. The monoisotopic (exact) mass is 408 g/mol. The van der Waals surface area contributed by atoms with E-state index in [1.165, 1.54) is 25.7 Å². The van der Waals surface area contributed by atoms with E-state index < -0.39 is 0 Å². The van der Waals surface area contributed by atoms with Crippen LogP contribution < -0.4 is 10.1 Å². The molecule has 0 spiro atoms. The fourth-order valence-electron chi connectivity index (χ4n) is 3.63. The van der Waals surface area contributed by atoms with E-state index in [1.807, 2.05) is 23.1 Å². The molecule has 0 aromatic heterocycles. The molecule has 1 heterocycles. The van der Waals surface area contributed by atoms with Gasteiger partial charge in [0, 0.05) is 29.9 Å². The van der Waals surface area contributed by atoms with Gasteiger partial charge in [-0.25, -0.2) is 0 Å². The highest BCUT2D eigenvalue weighted by Crippen LogP contribution is 2.18. The third kappa shape index (κ3) is 6.34. The van der Waals surface area contributed by atoms with Gasteiger partial charge in [-0.2, -0.15) is 0 Å². The molecule has 1 fully saturated rings. The minimum absolute atomic E-state index is 0.0336. The van der Waals surface area contributed by atoms with Gasteiger partial charge in [0.15, 0.2) is 0 Å². The molecular formula is C25H32N2O3. The number of hydrogen-bond donors (Lipinski definition) is 1. The maximum Gasteiger partial charge on any atom is 0.255 e. The molecule has 3 rings (SSSR count). The highest BCUT2D eigenvalue weighted by atomic mass is 16.5. The van der Waals surface area contributed by atoms with E-state index in [0.717, 1.165) is 38.1 Å². The van der Waals surface area contributed by atoms with Crippen LogP contribution in [0.2, 0.25) is 0 Å². The Morgan fingerprint density at radius 3 is 2.43 bits per heavy atom. The summed E-state index contributed by atoms with van der Waals surface area (Å²) in [5.74, 6) is 0.607. The average Bonchev–Trinajstić information content (AvgIpc) is 2.79. The molecule has 1 aliphatic heterocycles. The summed E-state index contributed by atoms with van der Waals surface area (Å²) in [5.41, 5.74) is 1.79. The number of amides is 2. The molecule has 2 aromatic carbocycles. The molecule has 1 N–H and O–H groups in total. The van der Waals surface area contributed by atoms with E-state index in [4.69, 9.17) is 4.74 Å². The topological polar surface area (TPSA) is 58.6 Å². The lowest BCUT2D eigenvalue weighted by Gasteiger charge is -2.26. The summed E-state index contributed by atoms with van der Waals surface area (Å²) >= 11 is 0. The second-order valence-electron chi connectivity index (χ2n) is 7.82. The van der Waals surface area contributed by atoms with Crippen LogP contribution >= 0.6 is 0 Å². The smallest absolute Gasteiger partial charge is 0.255 e. The number of carbonyl (C=O) groups is 2. The number of ether oxygens (including phenoxy) is 1. The summed E-state index contributed by atoms with van der Waals surface area (Å²) in [4.78, 5) is 27.2. The molecule has 0 saturated carbocycles. The standard InChI is InChI=1S/C25H32N2O3/c1-2-3-4-8-18-30-23-14-12-20(13-15-23)24(28)26-22-11-9-10-21(19-22)25(29)27-16-6-5-7-17-27/h9-15,19H,2-8,16-18H2,1H3,(H,26,28). The average molecular weight is 409 g/mol. The Bertz CT molecular complexity index is 827. The van der Waals surface area contributed by atoms with Crippen molar-refractivity contribution in [2.24, 2.45) is 0 Å². The quantitative estimate of drug-likeness (QED) is 0.556. The second kappa shape index (κ2) is 11.4. The minimum Gasteiger partial charge on any atom is -0.494 e. The first kappa shape index (κ1) is 21.9. The van der Waals surface area contributed by atoms with Crippen LogP contribution in [0.1, 0.15) is 72.6 Å².